The minimum Gasteiger partial charge on any atom is -0.468 e. The van der Waals surface area contributed by atoms with E-state index in [9.17, 15) is 9.18 Å². The number of nitrogens with one attached hydrogen (secondary N) is 1. The lowest BCUT2D eigenvalue weighted by Gasteiger charge is -2.11. The van der Waals surface area contributed by atoms with Crippen LogP contribution in [0.2, 0.25) is 0 Å². The van der Waals surface area contributed by atoms with Gasteiger partial charge in [-0.1, -0.05) is 18.2 Å². The fourth-order valence-corrected chi connectivity index (χ4v) is 2.73. The standard InChI is InChI=1S/C18H17FN2O2/c1-23-18(22)15(20)10-14-13-4-2-3-5-16(13)21-17(14)11-6-8-12(19)9-7-11/h2-9,15,21H,10,20H2,1H3. The van der Waals surface area contributed by atoms with Crippen molar-refractivity contribution in [3.63, 3.8) is 0 Å². The number of esters is 1. The first-order valence-corrected chi connectivity index (χ1v) is 7.29. The number of fused-ring (bicyclic) bond motifs is 1. The summed E-state index contributed by atoms with van der Waals surface area (Å²) in [4.78, 5) is 15.0. The summed E-state index contributed by atoms with van der Waals surface area (Å²) in [6, 6.07) is 13.2. The molecular formula is C18H17FN2O2. The zero-order valence-electron chi connectivity index (χ0n) is 12.7. The third kappa shape index (κ3) is 2.96. The number of aromatic amines is 1. The van der Waals surface area contributed by atoms with Crippen LogP contribution in [0.1, 0.15) is 5.56 Å². The highest BCUT2D eigenvalue weighted by atomic mass is 19.1. The number of rotatable bonds is 4. The van der Waals surface area contributed by atoms with Crippen molar-refractivity contribution in [3.8, 4) is 11.3 Å². The third-order valence-electron chi connectivity index (χ3n) is 3.87. The van der Waals surface area contributed by atoms with E-state index in [-0.39, 0.29) is 5.82 Å². The van der Waals surface area contributed by atoms with E-state index in [1.165, 1.54) is 19.2 Å². The molecule has 23 heavy (non-hydrogen) atoms. The highest BCUT2D eigenvalue weighted by molar-refractivity contribution is 5.91. The van der Waals surface area contributed by atoms with Gasteiger partial charge in [0, 0.05) is 23.0 Å². The summed E-state index contributed by atoms with van der Waals surface area (Å²) in [7, 11) is 1.32. The van der Waals surface area contributed by atoms with E-state index >= 15 is 0 Å². The zero-order chi connectivity index (χ0) is 16.4. The van der Waals surface area contributed by atoms with Crippen molar-refractivity contribution < 1.29 is 13.9 Å². The molecule has 5 heteroatoms. The number of H-pyrrole nitrogens is 1. The molecule has 0 saturated carbocycles. The van der Waals surface area contributed by atoms with Gasteiger partial charge in [-0.25, -0.2) is 4.39 Å². The van der Waals surface area contributed by atoms with Gasteiger partial charge < -0.3 is 15.5 Å². The Hall–Kier alpha value is -2.66. The van der Waals surface area contributed by atoms with Crippen molar-refractivity contribution in [1.29, 1.82) is 0 Å². The fourth-order valence-electron chi connectivity index (χ4n) is 2.73. The molecular weight excluding hydrogens is 295 g/mol. The number of nitrogens with two attached hydrogens (primary N) is 1. The zero-order valence-corrected chi connectivity index (χ0v) is 12.7. The summed E-state index contributed by atoms with van der Waals surface area (Å²) in [6.45, 7) is 0. The first kappa shape index (κ1) is 15.2. The summed E-state index contributed by atoms with van der Waals surface area (Å²) >= 11 is 0. The van der Waals surface area contributed by atoms with Crippen LogP contribution in [0.5, 0.6) is 0 Å². The Morgan fingerprint density at radius 3 is 2.61 bits per heavy atom. The quantitative estimate of drug-likeness (QED) is 0.728. The van der Waals surface area contributed by atoms with Crippen molar-refractivity contribution in [2.45, 2.75) is 12.5 Å². The molecule has 3 rings (SSSR count). The second kappa shape index (κ2) is 6.22. The van der Waals surface area contributed by atoms with E-state index in [0.717, 1.165) is 27.7 Å². The number of hydrogen-bond donors (Lipinski definition) is 2. The van der Waals surface area contributed by atoms with Crippen LogP contribution >= 0.6 is 0 Å². The van der Waals surface area contributed by atoms with Crippen molar-refractivity contribution in [3.05, 3.63) is 59.9 Å². The predicted molar refractivity (Wildman–Crippen MR) is 87.4 cm³/mol. The molecule has 2 aromatic carbocycles. The van der Waals surface area contributed by atoms with Crippen LogP contribution in [-0.4, -0.2) is 24.1 Å². The summed E-state index contributed by atoms with van der Waals surface area (Å²) < 4.78 is 17.9. The second-order valence-electron chi connectivity index (χ2n) is 5.36. The molecule has 1 aromatic heterocycles. The fraction of sp³-hybridized carbons (Fsp3) is 0.167. The van der Waals surface area contributed by atoms with E-state index in [0.29, 0.717) is 6.42 Å². The van der Waals surface area contributed by atoms with Gasteiger partial charge in [0.05, 0.1) is 7.11 Å². The maximum atomic E-state index is 13.2. The number of carbonyl (C=O) groups is 1. The van der Waals surface area contributed by atoms with Crippen LogP contribution in [0.25, 0.3) is 22.2 Å². The first-order chi connectivity index (χ1) is 11.1. The topological polar surface area (TPSA) is 68.1 Å². The highest BCUT2D eigenvalue weighted by Crippen LogP contribution is 2.31. The SMILES string of the molecule is COC(=O)C(N)Cc1c(-c2ccc(F)cc2)[nH]c2ccccc12. The van der Waals surface area contributed by atoms with Crippen LogP contribution in [0.3, 0.4) is 0 Å². The van der Waals surface area contributed by atoms with Gasteiger partial charge in [0.2, 0.25) is 0 Å². The normalized spacial score (nSPS) is 12.3. The number of halogens is 1. The Labute approximate surface area is 133 Å². The number of aromatic nitrogens is 1. The van der Waals surface area contributed by atoms with Crippen LogP contribution in [0.15, 0.2) is 48.5 Å². The van der Waals surface area contributed by atoms with Crippen LogP contribution in [-0.2, 0) is 16.0 Å². The monoisotopic (exact) mass is 312 g/mol. The Bertz CT molecular complexity index is 840. The molecule has 0 aliphatic heterocycles. The van der Waals surface area contributed by atoms with Gasteiger partial charge in [-0.15, -0.1) is 0 Å². The molecule has 3 aromatic rings. The largest absolute Gasteiger partial charge is 0.468 e. The predicted octanol–water partition coefficient (Wildman–Crippen LogP) is 3.02. The van der Waals surface area contributed by atoms with Gasteiger partial charge in [0.1, 0.15) is 11.9 Å². The second-order valence-corrected chi connectivity index (χ2v) is 5.36. The van der Waals surface area contributed by atoms with Crippen molar-refractivity contribution >= 4 is 16.9 Å². The summed E-state index contributed by atoms with van der Waals surface area (Å²) in [6.07, 6.45) is 0.337. The number of para-hydroxylation sites is 1. The molecule has 0 spiro atoms. The van der Waals surface area contributed by atoms with Gasteiger partial charge in [-0.3, -0.25) is 4.79 Å². The average Bonchev–Trinajstić information content (AvgIpc) is 2.93. The van der Waals surface area contributed by atoms with E-state index in [2.05, 4.69) is 4.98 Å². The molecule has 0 radical (unpaired) electrons. The molecule has 3 N–H and O–H groups in total. The number of carbonyl (C=O) groups excluding carboxylic acids is 1. The molecule has 0 fully saturated rings. The minimum absolute atomic E-state index is 0.294. The van der Waals surface area contributed by atoms with Gasteiger partial charge in [-0.2, -0.15) is 0 Å². The smallest absolute Gasteiger partial charge is 0.322 e. The van der Waals surface area contributed by atoms with Crippen LogP contribution < -0.4 is 5.73 Å². The maximum Gasteiger partial charge on any atom is 0.322 e. The average molecular weight is 312 g/mol. The lowest BCUT2D eigenvalue weighted by Crippen LogP contribution is -2.33. The Kier molecular flexibility index (Phi) is 4.12. The van der Waals surface area contributed by atoms with E-state index in [1.807, 2.05) is 24.3 Å². The Morgan fingerprint density at radius 1 is 1.22 bits per heavy atom. The molecule has 1 heterocycles. The van der Waals surface area contributed by atoms with Crippen LogP contribution in [0.4, 0.5) is 4.39 Å². The van der Waals surface area contributed by atoms with Gasteiger partial charge in [-0.05, 0) is 41.5 Å². The third-order valence-corrected chi connectivity index (χ3v) is 3.87. The number of ether oxygens (including phenoxy) is 1. The number of methoxy groups -OCH3 is 1. The molecule has 0 aliphatic rings. The molecule has 118 valence electrons. The molecule has 0 aliphatic carbocycles. The number of hydrogen-bond acceptors (Lipinski definition) is 3. The number of benzene rings is 2. The minimum atomic E-state index is -0.751. The maximum absolute atomic E-state index is 13.2. The summed E-state index contributed by atoms with van der Waals surface area (Å²) in [5, 5.41) is 0.992. The van der Waals surface area contributed by atoms with Crippen molar-refractivity contribution in [2.24, 2.45) is 5.73 Å². The van der Waals surface area contributed by atoms with E-state index in [4.69, 9.17) is 10.5 Å². The van der Waals surface area contributed by atoms with E-state index in [1.54, 1.807) is 12.1 Å². The molecule has 0 bridgehead atoms. The van der Waals surface area contributed by atoms with Gasteiger partial charge in [0.15, 0.2) is 0 Å². The summed E-state index contributed by atoms with van der Waals surface area (Å²) in [5.74, 6) is -0.752. The van der Waals surface area contributed by atoms with E-state index < -0.39 is 12.0 Å². The molecule has 1 unspecified atom stereocenters. The molecule has 4 nitrogen and oxygen atoms in total. The Balaban J connectivity index is 2.11. The van der Waals surface area contributed by atoms with Crippen molar-refractivity contribution in [1.82, 2.24) is 4.98 Å². The first-order valence-electron chi connectivity index (χ1n) is 7.29. The summed E-state index contributed by atoms with van der Waals surface area (Å²) in [5.41, 5.74) is 9.48. The van der Waals surface area contributed by atoms with Crippen molar-refractivity contribution in [2.75, 3.05) is 7.11 Å². The lowest BCUT2D eigenvalue weighted by molar-refractivity contribution is -0.142. The molecule has 0 saturated heterocycles. The van der Waals surface area contributed by atoms with Crippen LogP contribution in [0, 0.1) is 5.82 Å². The van der Waals surface area contributed by atoms with Gasteiger partial charge >= 0.3 is 5.97 Å². The lowest BCUT2D eigenvalue weighted by atomic mass is 9.99. The van der Waals surface area contributed by atoms with Gasteiger partial charge in [0.25, 0.3) is 0 Å². The molecule has 0 amide bonds. The highest BCUT2D eigenvalue weighted by Gasteiger charge is 2.20. The Morgan fingerprint density at radius 2 is 1.91 bits per heavy atom. The molecule has 1 atom stereocenters.